The van der Waals surface area contributed by atoms with Crippen LogP contribution < -0.4 is 11.2 Å². The lowest BCUT2D eigenvalue weighted by atomic mass is 10.1. The first-order chi connectivity index (χ1) is 9.09. The molecule has 3 N–H and O–H groups in total. The quantitative estimate of drug-likeness (QED) is 0.335. The number of nitrogens with zero attached hydrogens (tertiary/aromatic N) is 2. The molecule has 1 aliphatic heterocycles. The van der Waals surface area contributed by atoms with Crippen molar-refractivity contribution in [3.05, 3.63) is 47.8 Å². The molecule has 1 fully saturated rings. The molecule has 0 aromatic carbocycles. The SMILES string of the molecule is NN1C(=O)NC(=O)/C(=C\C=C\c2cccnc2)C1=O. The maximum absolute atomic E-state index is 11.6. The van der Waals surface area contributed by atoms with Crippen molar-refractivity contribution < 1.29 is 14.4 Å². The van der Waals surface area contributed by atoms with Gasteiger partial charge in [-0.05, 0) is 17.7 Å². The molecule has 1 aromatic heterocycles. The van der Waals surface area contributed by atoms with Crippen LogP contribution in [0.3, 0.4) is 0 Å². The summed E-state index contributed by atoms with van der Waals surface area (Å²) < 4.78 is 0. The van der Waals surface area contributed by atoms with Gasteiger partial charge < -0.3 is 0 Å². The first-order valence-corrected chi connectivity index (χ1v) is 5.32. The maximum atomic E-state index is 11.6. The van der Waals surface area contributed by atoms with Gasteiger partial charge in [-0.3, -0.25) is 19.9 Å². The number of nitrogens with two attached hydrogens (primary N) is 1. The van der Waals surface area contributed by atoms with Crippen molar-refractivity contribution in [2.45, 2.75) is 0 Å². The van der Waals surface area contributed by atoms with Crippen molar-refractivity contribution in [3.8, 4) is 0 Å². The molecule has 7 heteroatoms. The van der Waals surface area contributed by atoms with Gasteiger partial charge in [-0.2, -0.15) is 5.01 Å². The normalized spacial score (nSPS) is 18.3. The molecule has 2 rings (SSSR count). The van der Waals surface area contributed by atoms with Gasteiger partial charge in [-0.25, -0.2) is 10.6 Å². The van der Waals surface area contributed by atoms with Crippen LogP contribution in [0.15, 0.2) is 42.3 Å². The van der Waals surface area contributed by atoms with Crippen molar-refractivity contribution in [3.63, 3.8) is 0 Å². The average molecular weight is 258 g/mol. The van der Waals surface area contributed by atoms with Gasteiger partial charge in [-0.15, -0.1) is 0 Å². The molecular weight excluding hydrogens is 248 g/mol. The smallest absolute Gasteiger partial charge is 0.272 e. The monoisotopic (exact) mass is 258 g/mol. The third kappa shape index (κ3) is 2.72. The molecule has 0 bridgehead atoms. The number of amides is 4. The Labute approximate surface area is 108 Å². The molecule has 1 aliphatic rings. The van der Waals surface area contributed by atoms with E-state index in [0.29, 0.717) is 5.01 Å². The lowest BCUT2D eigenvalue weighted by Crippen LogP contribution is -2.57. The molecule has 0 radical (unpaired) electrons. The van der Waals surface area contributed by atoms with Crippen LogP contribution in [-0.2, 0) is 9.59 Å². The summed E-state index contributed by atoms with van der Waals surface area (Å²) in [5.41, 5.74) is 0.603. The predicted molar refractivity (Wildman–Crippen MR) is 65.9 cm³/mol. The van der Waals surface area contributed by atoms with Crippen molar-refractivity contribution >= 4 is 23.9 Å². The predicted octanol–water partition coefficient (Wildman–Crippen LogP) is -0.0267. The zero-order chi connectivity index (χ0) is 13.8. The van der Waals surface area contributed by atoms with Gasteiger partial charge >= 0.3 is 6.03 Å². The second-order valence-corrected chi connectivity index (χ2v) is 3.66. The Morgan fingerprint density at radius 3 is 2.79 bits per heavy atom. The molecule has 96 valence electrons. The number of hydrogen-bond acceptors (Lipinski definition) is 5. The Balaban J connectivity index is 2.19. The largest absolute Gasteiger partial charge is 0.345 e. The average Bonchev–Trinajstić information content (AvgIpc) is 2.41. The highest BCUT2D eigenvalue weighted by Crippen LogP contribution is 2.07. The van der Waals surface area contributed by atoms with E-state index in [1.165, 1.54) is 12.2 Å². The first kappa shape index (κ1) is 12.7. The Kier molecular flexibility index (Phi) is 3.48. The lowest BCUT2D eigenvalue weighted by molar-refractivity contribution is -0.130. The fourth-order valence-corrected chi connectivity index (χ4v) is 1.42. The summed E-state index contributed by atoms with van der Waals surface area (Å²) in [6.45, 7) is 0. The van der Waals surface area contributed by atoms with Gasteiger partial charge in [0.25, 0.3) is 11.8 Å². The molecule has 7 nitrogen and oxygen atoms in total. The van der Waals surface area contributed by atoms with Gasteiger partial charge in [0.1, 0.15) is 5.57 Å². The first-order valence-electron chi connectivity index (χ1n) is 5.32. The molecule has 0 unspecified atom stereocenters. The fourth-order valence-electron chi connectivity index (χ4n) is 1.42. The zero-order valence-electron chi connectivity index (χ0n) is 9.74. The Hall–Kier alpha value is -2.80. The standard InChI is InChI=1S/C12H10N4O3/c13-16-11(18)9(10(17)15-12(16)19)5-1-3-8-4-2-6-14-7-8/h1-7H,13H2,(H,15,17,19)/b3-1+,9-5+. The van der Waals surface area contributed by atoms with Crippen molar-refractivity contribution in [2.24, 2.45) is 5.84 Å². The minimum atomic E-state index is -0.941. The highest BCUT2D eigenvalue weighted by Gasteiger charge is 2.33. The number of rotatable bonds is 2. The van der Waals surface area contributed by atoms with Gasteiger partial charge in [0.2, 0.25) is 0 Å². The van der Waals surface area contributed by atoms with E-state index in [9.17, 15) is 14.4 Å². The second-order valence-electron chi connectivity index (χ2n) is 3.66. The summed E-state index contributed by atoms with van der Waals surface area (Å²) in [5, 5.41) is 2.30. The van der Waals surface area contributed by atoms with E-state index in [1.807, 2.05) is 11.4 Å². The number of carbonyl (C=O) groups is 3. The molecule has 0 aliphatic carbocycles. The van der Waals surface area contributed by atoms with Crippen LogP contribution in [0.4, 0.5) is 4.79 Å². The fraction of sp³-hybridized carbons (Fsp3) is 0. The molecule has 19 heavy (non-hydrogen) atoms. The molecular formula is C12H10N4O3. The van der Waals surface area contributed by atoms with Crippen LogP contribution >= 0.6 is 0 Å². The highest BCUT2D eigenvalue weighted by atomic mass is 16.2. The molecule has 0 spiro atoms. The number of carbonyl (C=O) groups excluding carboxylic acids is 3. The third-order valence-electron chi connectivity index (χ3n) is 2.37. The molecule has 0 atom stereocenters. The summed E-state index contributed by atoms with van der Waals surface area (Å²) in [6, 6.07) is 2.62. The van der Waals surface area contributed by atoms with Gasteiger partial charge in [-0.1, -0.05) is 18.2 Å². The van der Waals surface area contributed by atoms with Gasteiger partial charge in [0.15, 0.2) is 0 Å². The summed E-state index contributed by atoms with van der Waals surface area (Å²) in [7, 11) is 0. The molecule has 1 saturated heterocycles. The summed E-state index contributed by atoms with van der Waals surface area (Å²) in [6.07, 6.45) is 7.71. The van der Waals surface area contributed by atoms with E-state index in [2.05, 4.69) is 4.98 Å². The van der Waals surface area contributed by atoms with E-state index >= 15 is 0 Å². The van der Waals surface area contributed by atoms with Crippen LogP contribution in [0, 0.1) is 0 Å². The summed E-state index contributed by atoms with van der Waals surface area (Å²) in [4.78, 5) is 38.0. The van der Waals surface area contributed by atoms with Crippen LogP contribution in [0.1, 0.15) is 5.56 Å². The van der Waals surface area contributed by atoms with Gasteiger partial charge in [0.05, 0.1) is 0 Å². The minimum Gasteiger partial charge on any atom is -0.272 e. The minimum absolute atomic E-state index is 0.206. The Morgan fingerprint density at radius 2 is 2.11 bits per heavy atom. The van der Waals surface area contributed by atoms with E-state index in [-0.39, 0.29) is 5.57 Å². The van der Waals surface area contributed by atoms with Crippen LogP contribution in [0.25, 0.3) is 6.08 Å². The Bertz CT molecular complexity index is 592. The number of urea groups is 1. The number of pyridine rings is 1. The Morgan fingerprint density at radius 1 is 1.32 bits per heavy atom. The van der Waals surface area contributed by atoms with E-state index in [0.717, 1.165) is 5.56 Å². The summed E-state index contributed by atoms with van der Waals surface area (Å²) >= 11 is 0. The van der Waals surface area contributed by atoms with E-state index < -0.39 is 17.8 Å². The molecule has 1 aromatic rings. The number of barbiturate groups is 1. The van der Waals surface area contributed by atoms with E-state index in [1.54, 1.807) is 24.5 Å². The van der Waals surface area contributed by atoms with Crippen molar-refractivity contribution in [1.29, 1.82) is 0 Å². The lowest BCUT2D eigenvalue weighted by Gasteiger charge is -2.21. The number of aromatic nitrogens is 1. The number of nitrogens with one attached hydrogen (secondary N) is 1. The van der Waals surface area contributed by atoms with Crippen LogP contribution in [-0.4, -0.2) is 27.8 Å². The number of hydrazine groups is 1. The molecule has 2 heterocycles. The van der Waals surface area contributed by atoms with Crippen LogP contribution in [0.5, 0.6) is 0 Å². The molecule has 0 saturated carbocycles. The molecule has 4 amide bonds. The van der Waals surface area contributed by atoms with Crippen LogP contribution in [0.2, 0.25) is 0 Å². The van der Waals surface area contributed by atoms with Gasteiger partial charge in [0, 0.05) is 12.4 Å². The number of imide groups is 2. The second kappa shape index (κ2) is 5.23. The third-order valence-corrected chi connectivity index (χ3v) is 2.37. The summed E-state index contributed by atoms with van der Waals surface area (Å²) in [5.74, 6) is 3.59. The topological polar surface area (TPSA) is 105 Å². The zero-order valence-corrected chi connectivity index (χ0v) is 9.74. The number of hydrogen-bond donors (Lipinski definition) is 2. The highest BCUT2D eigenvalue weighted by molar-refractivity contribution is 6.28. The van der Waals surface area contributed by atoms with E-state index in [4.69, 9.17) is 5.84 Å². The van der Waals surface area contributed by atoms with Crippen molar-refractivity contribution in [2.75, 3.05) is 0 Å². The van der Waals surface area contributed by atoms with Crippen molar-refractivity contribution in [1.82, 2.24) is 15.3 Å². The maximum Gasteiger partial charge on any atom is 0.345 e. The number of allylic oxidation sites excluding steroid dienone is 2.